The number of carbonyl (C=O) groups is 2. The Morgan fingerprint density at radius 3 is 2.76 bits per heavy atom. The van der Waals surface area contributed by atoms with Crippen LogP contribution in [-0.4, -0.2) is 28.0 Å². The fourth-order valence-electron chi connectivity index (χ4n) is 3.42. The predicted octanol–water partition coefficient (Wildman–Crippen LogP) is 3.61. The molecule has 25 heavy (non-hydrogen) atoms. The molecular formula is C19H21ClN2O3. The molecule has 0 aliphatic heterocycles. The van der Waals surface area contributed by atoms with E-state index in [1.54, 1.807) is 18.2 Å². The molecule has 0 saturated heterocycles. The van der Waals surface area contributed by atoms with Crippen LogP contribution in [0.25, 0.3) is 10.9 Å². The maximum absolute atomic E-state index is 13.0. The minimum atomic E-state index is -1.02. The van der Waals surface area contributed by atoms with Crippen LogP contribution in [0.3, 0.4) is 0 Å². The smallest absolute Gasteiger partial charge is 0.326 e. The van der Waals surface area contributed by atoms with Gasteiger partial charge in [0.2, 0.25) is 0 Å². The molecule has 132 valence electrons. The number of carbonyl (C=O) groups excluding carboxylic acids is 1. The summed E-state index contributed by atoms with van der Waals surface area (Å²) < 4.78 is 0. The molecule has 0 spiro atoms. The molecule has 1 aliphatic rings. The Morgan fingerprint density at radius 1 is 1.32 bits per heavy atom. The quantitative estimate of drug-likeness (QED) is 0.853. The van der Waals surface area contributed by atoms with Crippen LogP contribution >= 0.6 is 11.6 Å². The summed E-state index contributed by atoms with van der Waals surface area (Å²) >= 11 is 6.12. The van der Waals surface area contributed by atoms with Gasteiger partial charge in [0.1, 0.15) is 6.04 Å². The van der Waals surface area contributed by atoms with Crippen molar-refractivity contribution < 1.29 is 14.7 Å². The van der Waals surface area contributed by atoms with Crippen LogP contribution in [0.2, 0.25) is 5.02 Å². The van der Waals surface area contributed by atoms with Crippen molar-refractivity contribution in [2.75, 3.05) is 0 Å². The largest absolute Gasteiger partial charge is 0.480 e. The van der Waals surface area contributed by atoms with Crippen molar-refractivity contribution in [3.8, 4) is 0 Å². The first-order valence-corrected chi connectivity index (χ1v) is 8.89. The van der Waals surface area contributed by atoms with E-state index in [9.17, 15) is 14.7 Å². The van der Waals surface area contributed by atoms with Gasteiger partial charge < -0.3 is 10.4 Å². The summed E-state index contributed by atoms with van der Waals surface area (Å²) in [6, 6.07) is 4.37. The molecule has 0 bridgehead atoms. The van der Waals surface area contributed by atoms with Gasteiger partial charge in [-0.25, -0.2) is 4.79 Å². The number of aromatic nitrogens is 1. The molecule has 6 heteroatoms. The Hall–Kier alpha value is -2.14. The first-order valence-electron chi connectivity index (χ1n) is 8.51. The normalized spacial score (nSPS) is 14.6. The van der Waals surface area contributed by atoms with Gasteiger partial charge in [0, 0.05) is 16.1 Å². The topological polar surface area (TPSA) is 79.3 Å². The molecule has 1 unspecified atom stereocenters. The number of carboxylic acid groups (broad SMARTS) is 1. The van der Waals surface area contributed by atoms with Crippen LogP contribution in [0, 0.1) is 5.92 Å². The van der Waals surface area contributed by atoms with E-state index in [1.807, 2.05) is 13.8 Å². The lowest BCUT2D eigenvalue weighted by molar-refractivity contribution is -0.139. The first-order chi connectivity index (χ1) is 11.9. The fraction of sp³-hybridized carbons (Fsp3) is 0.421. The molecule has 1 heterocycles. The zero-order valence-electron chi connectivity index (χ0n) is 14.3. The molecule has 2 N–H and O–H groups in total. The van der Waals surface area contributed by atoms with Crippen molar-refractivity contribution in [3.63, 3.8) is 0 Å². The number of rotatable bonds is 5. The third-order valence-corrected chi connectivity index (χ3v) is 4.75. The zero-order valence-corrected chi connectivity index (χ0v) is 15.1. The second kappa shape index (κ2) is 7.00. The number of nitrogens with one attached hydrogen (secondary N) is 1. The summed E-state index contributed by atoms with van der Waals surface area (Å²) in [5.41, 5.74) is 3.08. The second-order valence-corrected chi connectivity index (χ2v) is 7.36. The highest BCUT2D eigenvalue weighted by molar-refractivity contribution is 6.31. The third-order valence-electron chi connectivity index (χ3n) is 4.51. The van der Waals surface area contributed by atoms with Crippen molar-refractivity contribution in [3.05, 3.63) is 40.0 Å². The van der Waals surface area contributed by atoms with Crippen molar-refractivity contribution in [1.29, 1.82) is 0 Å². The highest BCUT2D eigenvalue weighted by atomic mass is 35.5. The number of aliphatic carboxylic acids is 1. The Bertz CT molecular complexity index is 848. The number of aryl methyl sites for hydroxylation is 1. The number of halogens is 1. The second-order valence-electron chi connectivity index (χ2n) is 6.92. The lowest BCUT2D eigenvalue weighted by Gasteiger charge is -2.18. The number of hydrogen-bond acceptors (Lipinski definition) is 3. The monoisotopic (exact) mass is 360 g/mol. The molecule has 1 amide bonds. The van der Waals surface area contributed by atoms with E-state index in [2.05, 4.69) is 10.3 Å². The summed E-state index contributed by atoms with van der Waals surface area (Å²) in [5, 5.41) is 13.3. The number of amides is 1. The van der Waals surface area contributed by atoms with Gasteiger partial charge in [-0.1, -0.05) is 25.4 Å². The zero-order chi connectivity index (χ0) is 18.1. The molecule has 2 aromatic rings. The number of pyridine rings is 1. The van der Waals surface area contributed by atoms with Gasteiger partial charge in [-0.3, -0.25) is 9.78 Å². The van der Waals surface area contributed by atoms with E-state index >= 15 is 0 Å². The molecule has 0 saturated carbocycles. The SMILES string of the molecule is CC(C)CC(NC(=O)c1c2c(nc3ccc(Cl)cc13)CCC2)C(=O)O. The Morgan fingerprint density at radius 2 is 2.08 bits per heavy atom. The van der Waals surface area contributed by atoms with Gasteiger partial charge in [-0.05, 0) is 55.4 Å². The van der Waals surface area contributed by atoms with Crippen LogP contribution in [0.1, 0.15) is 48.3 Å². The van der Waals surface area contributed by atoms with E-state index in [1.165, 1.54) is 0 Å². The Balaban J connectivity index is 2.06. The number of fused-ring (bicyclic) bond motifs is 2. The molecule has 5 nitrogen and oxygen atoms in total. The predicted molar refractivity (Wildman–Crippen MR) is 97.1 cm³/mol. The molecule has 1 aromatic carbocycles. The van der Waals surface area contributed by atoms with Gasteiger partial charge in [0.25, 0.3) is 5.91 Å². The van der Waals surface area contributed by atoms with Crippen molar-refractivity contribution in [2.45, 2.75) is 45.6 Å². The average Bonchev–Trinajstić information content (AvgIpc) is 2.99. The standard InChI is InChI=1S/C19H21ClN2O3/c1-10(2)8-16(19(24)25)22-18(23)17-12-4-3-5-14(12)21-15-7-6-11(20)9-13(15)17/h6-7,9-10,16H,3-5,8H2,1-2H3,(H,22,23)(H,24,25). The molecule has 0 fully saturated rings. The van der Waals surface area contributed by atoms with Crippen LogP contribution in [-0.2, 0) is 17.6 Å². The molecule has 1 aromatic heterocycles. The molecular weight excluding hydrogens is 340 g/mol. The highest BCUT2D eigenvalue weighted by Crippen LogP contribution is 2.31. The van der Waals surface area contributed by atoms with Crippen LogP contribution in [0.5, 0.6) is 0 Å². The van der Waals surface area contributed by atoms with Crippen LogP contribution in [0.4, 0.5) is 0 Å². The molecule has 3 rings (SSSR count). The van der Waals surface area contributed by atoms with E-state index in [0.717, 1.165) is 30.5 Å². The van der Waals surface area contributed by atoms with Crippen molar-refractivity contribution in [2.24, 2.45) is 5.92 Å². The lowest BCUT2D eigenvalue weighted by atomic mass is 9.99. The molecule has 1 atom stereocenters. The van der Waals surface area contributed by atoms with Crippen molar-refractivity contribution in [1.82, 2.24) is 10.3 Å². The van der Waals surface area contributed by atoms with Gasteiger partial charge >= 0.3 is 5.97 Å². The lowest BCUT2D eigenvalue weighted by Crippen LogP contribution is -2.42. The number of hydrogen-bond donors (Lipinski definition) is 2. The molecule has 0 radical (unpaired) electrons. The van der Waals surface area contributed by atoms with Gasteiger partial charge in [-0.2, -0.15) is 0 Å². The van der Waals surface area contributed by atoms with Gasteiger partial charge in [0.05, 0.1) is 11.1 Å². The highest BCUT2D eigenvalue weighted by Gasteiger charge is 2.27. The number of benzene rings is 1. The summed E-state index contributed by atoms with van der Waals surface area (Å²) in [4.78, 5) is 29.1. The molecule has 1 aliphatic carbocycles. The van der Waals surface area contributed by atoms with E-state index in [4.69, 9.17) is 11.6 Å². The van der Waals surface area contributed by atoms with E-state index in [0.29, 0.717) is 27.9 Å². The summed E-state index contributed by atoms with van der Waals surface area (Å²) in [7, 11) is 0. The minimum absolute atomic E-state index is 0.163. The van der Waals surface area contributed by atoms with Crippen LogP contribution in [0.15, 0.2) is 18.2 Å². The van der Waals surface area contributed by atoms with E-state index < -0.39 is 12.0 Å². The number of nitrogens with zero attached hydrogens (tertiary/aromatic N) is 1. The summed E-state index contributed by atoms with van der Waals surface area (Å²) in [5.74, 6) is -1.22. The number of carboxylic acids is 1. The summed E-state index contributed by atoms with van der Waals surface area (Å²) in [6.07, 6.45) is 2.94. The first kappa shape index (κ1) is 17.7. The minimum Gasteiger partial charge on any atom is -0.480 e. The van der Waals surface area contributed by atoms with E-state index in [-0.39, 0.29) is 11.8 Å². The van der Waals surface area contributed by atoms with Gasteiger partial charge in [-0.15, -0.1) is 0 Å². The average molecular weight is 361 g/mol. The van der Waals surface area contributed by atoms with Crippen molar-refractivity contribution >= 4 is 34.4 Å². The van der Waals surface area contributed by atoms with Crippen LogP contribution < -0.4 is 5.32 Å². The summed E-state index contributed by atoms with van der Waals surface area (Å²) in [6.45, 7) is 3.86. The Labute approximate surface area is 151 Å². The fourth-order valence-corrected chi connectivity index (χ4v) is 3.59. The maximum atomic E-state index is 13.0. The van der Waals surface area contributed by atoms with Gasteiger partial charge in [0.15, 0.2) is 0 Å². The maximum Gasteiger partial charge on any atom is 0.326 e. The Kier molecular flexibility index (Phi) is 4.95. The third kappa shape index (κ3) is 3.61.